The standard InChI is InChI=1S/C15H18N4O/c16-8-12-7-10-3-1-2-4-13(10)18-15(12)19-6-5-11(9-19)14(17)20/h1-4,7,11H,5-6,8-9,16H2,(H2,17,20). The molecule has 1 aromatic carbocycles. The highest BCUT2D eigenvalue weighted by molar-refractivity contribution is 5.82. The number of hydrogen-bond donors (Lipinski definition) is 2. The number of anilines is 1. The third kappa shape index (κ3) is 2.20. The normalized spacial score (nSPS) is 18.6. The molecule has 1 saturated heterocycles. The summed E-state index contributed by atoms with van der Waals surface area (Å²) in [4.78, 5) is 18.1. The molecule has 104 valence electrons. The SMILES string of the molecule is NCc1cc2ccccc2nc1N1CCC(C(N)=O)C1. The molecule has 3 rings (SSSR count). The molecule has 1 fully saturated rings. The van der Waals surface area contributed by atoms with E-state index in [2.05, 4.69) is 11.0 Å². The summed E-state index contributed by atoms with van der Waals surface area (Å²) in [5.41, 5.74) is 13.2. The van der Waals surface area contributed by atoms with E-state index in [1.54, 1.807) is 0 Å². The zero-order chi connectivity index (χ0) is 14.1. The first-order valence-electron chi connectivity index (χ1n) is 6.82. The lowest BCUT2D eigenvalue weighted by atomic mass is 10.1. The Bertz CT molecular complexity index is 655. The number of pyridine rings is 1. The molecule has 2 heterocycles. The Morgan fingerprint density at radius 1 is 1.40 bits per heavy atom. The third-order valence-corrected chi connectivity index (χ3v) is 3.89. The van der Waals surface area contributed by atoms with Gasteiger partial charge < -0.3 is 16.4 Å². The number of hydrogen-bond acceptors (Lipinski definition) is 4. The second kappa shape index (κ2) is 5.09. The summed E-state index contributed by atoms with van der Waals surface area (Å²) < 4.78 is 0. The van der Waals surface area contributed by atoms with Crippen LogP contribution < -0.4 is 16.4 Å². The van der Waals surface area contributed by atoms with Gasteiger partial charge in [0, 0.05) is 30.6 Å². The van der Waals surface area contributed by atoms with E-state index in [0.717, 1.165) is 35.2 Å². The third-order valence-electron chi connectivity index (χ3n) is 3.89. The quantitative estimate of drug-likeness (QED) is 0.871. The van der Waals surface area contributed by atoms with Crippen LogP contribution >= 0.6 is 0 Å². The lowest BCUT2D eigenvalue weighted by Crippen LogP contribution is -2.28. The van der Waals surface area contributed by atoms with Gasteiger partial charge in [0.1, 0.15) is 5.82 Å². The number of primary amides is 1. The maximum absolute atomic E-state index is 11.3. The summed E-state index contributed by atoms with van der Waals surface area (Å²) in [6.45, 7) is 1.87. The molecule has 20 heavy (non-hydrogen) atoms. The van der Waals surface area contributed by atoms with Gasteiger partial charge in [0.05, 0.1) is 11.4 Å². The summed E-state index contributed by atoms with van der Waals surface area (Å²) in [6, 6.07) is 10.1. The Labute approximate surface area is 117 Å². The number of nitrogens with two attached hydrogens (primary N) is 2. The zero-order valence-corrected chi connectivity index (χ0v) is 11.2. The average Bonchev–Trinajstić information content (AvgIpc) is 2.95. The molecule has 0 saturated carbocycles. The summed E-state index contributed by atoms with van der Waals surface area (Å²) in [6.07, 6.45) is 0.786. The van der Waals surface area contributed by atoms with Gasteiger partial charge in [0.2, 0.25) is 5.91 Å². The highest BCUT2D eigenvalue weighted by Gasteiger charge is 2.28. The molecule has 0 bridgehead atoms. The fraction of sp³-hybridized carbons (Fsp3) is 0.333. The molecule has 5 nitrogen and oxygen atoms in total. The van der Waals surface area contributed by atoms with E-state index in [1.807, 2.05) is 24.3 Å². The fourth-order valence-corrected chi connectivity index (χ4v) is 2.76. The minimum Gasteiger partial charge on any atom is -0.369 e. The van der Waals surface area contributed by atoms with Gasteiger partial charge in [-0.1, -0.05) is 18.2 Å². The van der Waals surface area contributed by atoms with Crippen molar-refractivity contribution in [2.45, 2.75) is 13.0 Å². The van der Waals surface area contributed by atoms with Crippen LogP contribution in [0, 0.1) is 5.92 Å². The van der Waals surface area contributed by atoms with Crippen molar-refractivity contribution in [2.75, 3.05) is 18.0 Å². The molecule has 0 radical (unpaired) electrons. The summed E-state index contributed by atoms with van der Waals surface area (Å²) in [7, 11) is 0. The smallest absolute Gasteiger partial charge is 0.222 e. The highest BCUT2D eigenvalue weighted by atomic mass is 16.1. The predicted octanol–water partition coefficient (Wildman–Crippen LogP) is 1.01. The van der Waals surface area contributed by atoms with Crippen molar-refractivity contribution in [3.8, 4) is 0 Å². The average molecular weight is 270 g/mol. The molecule has 0 spiro atoms. The number of fused-ring (bicyclic) bond motifs is 1. The largest absolute Gasteiger partial charge is 0.369 e. The number of carbonyl (C=O) groups excluding carboxylic acids is 1. The topological polar surface area (TPSA) is 85.2 Å². The molecule has 1 aliphatic rings. The maximum atomic E-state index is 11.3. The zero-order valence-electron chi connectivity index (χ0n) is 11.2. The molecule has 5 heteroatoms. The Balaban J connectivity index is 2.00. The monoisotopic (exact) mass is 270 g/mol. The van der Waals surface area contributed by atoms with Crippen LogP contribution in [0.15, 0.2) is 30.3 Å². The Morgan fingerprint density at radius 3 is 2.90 bits per heavy atom. The Morgan fingerprint density at radius 2 is 2.20 bits per heavy atom. The molecule has 0 aliphatic carbocycles. The lowest BCUT2D eigenvalue weighted by molar-refractivity contribution is -0.121. The predicted molar refractivity (Wildman–Crippen MR) is 79.1 cm³/mol. The number of amides is 1. The van der Waals surface area contributed by atoms with Gasteiger partial charge in [-0.2, -0.15) is 0 Å². The van der Waals surface area contributed by atoms with Crippen molar-refractivity contribution >= 4 is 22.6 Å². The minimum atomic E-state index is -0.234. The van der Waals surface area contributed by atoms with E-state index in [1.165, 1.54) is 0 Å². The van der Waals surface area contributed by atoms with E-state index >= 15 is 0 Å². The van der Waals surface area contributed by atoms with Gasteiger partial charge in [-0.25, -0.2) is 4.98 Å². The van der Waals surface area contributed by atoms with E-state index in [4.69, 9.17) is 16.5 Å². The number of nitrogens with zero attached hydrogens (tertiary/aromatic N) is 2. The molecule has 2 aromatic rings. The van der Waals surface area contributed by atoms with Crippen LogP contribution in [0.5, 0.6) is 0 Å². The number of benzene rings is 1. The van der Waals surface area contributed by atoms with Gasteiger partial charge in [0.15, 0.2) is 0 Å². The molecular formula is C15H18N4O. The molecule has 1 amide bonds. The molecular weight excluding hydrogens is 252 g/mol. The molecule has 1 aromatic heterocycles. The van der Waals surface area contributed by atoms with E-state index < -0.39 is 0 Å². The van der Waals surface area contributed by atoms with Gasteiger partial charge in [0.25, 0.3) is 0 Å². The van der Waals surface area contributed by atoms with E-state index in [-0.39, 0.29) is 11.8 Å². The summed E-state index contributed by atoms with van der Waals surface area (Å²) >= 11 is 0. The fourth-order valence-electron chi connectivity index (χ4n) is 2.76. The molecule has 1 atom stereocenters. The number of rotatable bonds is 3. The molecule has 1 aliphatic heterocycles. The summed E-state index contributed by atoms with van der Waals surface area (Å²) in [5.74, 6) is 0.562. The van der Waals surface area contributed by atoms with Crippen molar-refractivity contribution in [3.63, 3.8) is 0 Å². The van der Waals surface area contributed by atoms with Crippen LogP contribution in [-0.4, -0.2) is 24.0 Å². The van der Waals surface area contributed by atoms with Crippen LogP contribution in [0.3, 0.4) is 0 Å². The molecule has 4 N–H and O–H groups in total. The first-order chi connectivity index (χ1) is 9.69. The van der Waals surface area contributed by atoms with Crippen LogP contribution in [0.4, 0.5) is 5.82 Å². The van der Waals surface area contributed by atoms with Crippen molar-refractivity contribution < 1.29 is 4.79 Å². The second-order valence-electron chi connectivity index (χ2n) is 5.20. The Hall–Kier alpha value is -2.14. The minimum absolute atomic E-state index is 0.0890. The van der Waals surface area contributed by atoms with Gasteiger partial charge >= 0.3 is 0 Å². The second-order valence-corrected chi connectivity index (χ2v) is 5.20. The first-order valence-corrected chi connectivity index (χ1v) is 6.82. The van der Waals surface area contributed by atoms with Crippen LogP contribution in [0.25, 0.3) is 10.9 Å². The number of para-hydroxylation sites is 1. The van der Waals surface area contributed by atoms with Gasteiger partial charge in [-0.15, -0.1) is 0 Å². The van der Waals surface area contributed by atoms with Crippen LogP contribution in [0.2, 0.25) is 0 Å². The van der Waals surface area contributed by atoms with Crippen molar-refractivity contribution in [3.05, 3.63) is 35.9 Å². The maximum Gasteiger partial charge on any atom is 0.222 e. The van der Waals surface area contributed by atoms with Crippen LogP contribution in [-0.2, 0) is 11.3 Å². The highest BCUT2D eigenvalue weighted by Crippen LogP contribution is 2.28. The lowest BCUT2D eigenvalue weighted by Gasteiger charge is -2.20. The Kier molecular flexibility index (Phi) is 3.28. The first kappa shape index (κ1) is 12.9. The number of carbonyl (C=O) groups is 1. The number of aromatic nitrogens is 1. The van der Waals surface area contributed by atoms with Crippen molar-refractivity contribution in [1.82, 2.24) is 4.98 Å². The van der Waals surface area contributed by atoms with Crippen molar-refractivity contribution in [1.29, 1.82) is 0 Å². The van der Waals surface area contributed by atoms with E-state index in [0.29, 0.717) is 13.1 Å². The molecule has 1 unspecified atom stereocenters. The van der Waals surface area contributed by atoms with Crippen molar-refractivity contribution in [2.24, 2.45) is 17.4 Å². The summed E-state index contributed by atoms with van der Waals surface area (Å²) in [5, 5.41) is 1.09. The van der Waals surface area contributed by atoms with E-state index in [9.17, 15) is 4.79 Å². The van der Waals surface area contributed by atoms with Gasteiger partial charge in [-0.3, -0.25) is 4.79 Å². The van der Waals surface area contributed by atoms with Gasteiger partial charge in [-0.05, 0) is 18.6 Å². The van der Waals surface area contributed by atoms with Crippen LogP contribution in [0.1, 0.15) is 12.0 Å².